The zero-order valence-corrected chi connectivity index (χ0v) is 5.26. The summed E-state index contributed by atoms with van der Waals surface area (Å²) in [5.74, 6) is 0. The summed E-state index contributed by atoms with van der Waals surface area (Å²) >= 11 is 0. The van der Waals surface area contributed by atoms with Gasteiger partial charge in [-0.3, -0.25) is 4.99 Å². The van der Waals surface area contributed by atoms with E-state index in [1.807, 2.05) is 19.3 Å². The van der Waals surface area contributed by atoms with E-state index < -0.39 is 0 Å². The third kappa shape index (κ3) is 0.886. The Morgan fingerprint density at radius 1 is 1.75 bits per heavy atom. The zero-order chi connectivity index (χ0) is 5.98. The first-order valence-corrected chi connectivity index (χ1v) is 2.68. The van der Waals surface area contributed by atoms with Crippen LogP contribution in [0.4, 0.5) is 0 Å². The van der Waals surface area contributed by atoms with Gasteiger partial charge in [0, 0.05) is 19.0 Å². The number of hydrogen-bond donors (Lipinski definition) is 0. The second-order valence-corrected chi connectivity index (χ2v) is 1.98. The fourth-order valence-corrected chi connectivity index (χ4v) is 0.569. The lowest BCUT2D eigenvalue weighted by atomic mass is 10.4. The summed E-state index contributed by atoms with van der Waals surface area (Å²) in [5, 5.41) is 0. The standard InChI is InChI=1S/C6H10N2/c1-6-3-4-7-5-8(6)2/h3-4H,5H2,1-2H3. The highest BCUT2D eigenvalue weighted by Gasteiger charge is 1.97. The fraction of sp³-hybridized carbons (Fsp3) is 0.500. The molecule has 1 heterocycles. The van der Waals surface area contributed by atoms with Crippen molar-refractivity contribution in [2.24, 2.45) is 4.99 Å². The molecule has 0 aromatic rings. The Morgan fingerprint density at radius 2 is 2.50 bits per heavy atom. The number of nitrogens with zero attached hydrogens (tertiary/aromatic N) is 2. The smallest absolute Gasteiger partial charge is 0.109 e. The van der Waals surface area contributed by atoms with E-state index in [9.17, 15) is 0 Å². The van der Waals surface area contributed by atoms with Crippen LogP contribution in [0.3, 0.4) is 0 Å². The van der Waals surface area contributed by atoms with E-state index in [1.54, 1.807) is 0 Å². The Balaban J connectivity index is 2.66. The number of rotatable bonds is 0. The second-order valence-electron chi connectivity index (χ2n) is 1.98. The number of hydrogen-bond acceptors (Lipinski definition) is 2. The van der Waals surface area contributed by atoms with Crippen molar-refractivity contribution in [3.05, 3.63) is 11.8 Å². The third-order valence-corrected chi connectivity index (χ3v) is 1.32. The van der Waals surface area contributed by atoms with Gasteiger partial charge in [0.15, 0.2) is 0 Å². The molecule has 8 heavy (non-hydrogen) atoms. The molecule has 0 amide bonds. The highest BCUT2D eigenvalue weighted by atomic mass is 15.2. The molecule has 0 fully saturated rings. The van der Waals surface area contributed by atoms with Crippen molar-refractivity contribution >= 4 is 6.21 Å². The zero-order valence-electron chi connectivity index (χ0n) is 5.26. The molecule has 0 aromatic carbocycles. The first-order valence-electron chi connectivity index (χ1n) is 2.68. The monoisotopic (exact) mass is 110 g/mol. The average Bonchev–Trinajstić information content (AvgIpc) is 1.77. The van der Waals surface area contributed by atoms with Gasteiger partial charge in [0.1, 0.15) is 6.67 Å². The van der Waals surface area contributed by atoms with Crippen LogP contribution in [0.1, 0.15) is 6.92 Å². The van der Waals surface area contributed by atoms with Crippen LogP contribution in [-0.2, 0) is 0 Å². The van der Waals surface area contributed by atoms with Crippen LogP contribution in [0.2, 0.25) is 0 Å². The maximum atomic E-state index is 4.03. The van der Waals surface area contributed by atoms with E-state index in [0.717, 1.165) is 6.67 Å². The van der Waals surface area contributed by atoms with E-state index in [4.69, 9.17) is 0 Å². The summed E-state index contributed by atoms with van der Waals surface area (Å²) in [6.07, 6.45) is 3.85. The lowest BCUT2D eigenvalue weighted by Gasteiger charge is -2.18. The van der Waals surface area contributed by atoms with Crippen molar-refractivity contribution in [3.63, 3.8) is 0 Å². The molecule has 2 heteroatoms. The molecule has 0 spiro atoms. The number of aliphatic imine (C=N–C) groups is 1. The van der Waals surface area contributed by atoms with Crippen LogP contribution >= 0.6 is 0 Å². The van der Waals surface area contributed by atoms with Crippen LogP contribution in [0.5, 0.6) is 0 Å². The van der Waals surface area contributed by atoms with E-state index in [2.05, 4.69) is 16.8 Å². The minimum atomic E-state index is 0.808. The van der Waals surface area contributed by atoms with Gasteiger partial charge in [0.05, 0.1) is 0 Å². The van der Waals surface area contributed by atoms with Crippen LogP contribution in [0.15, 0.2) is 16.8 Å². The largest absolute Gasteiger partial charge is 0.359 e. The van der Waals surface area contributed by atoms with Gasteiger partial charge in [-0.2, -0.15) is 0 Å². The van der Waals surface area contributed by atoms with Gasteiger partial charge in [0.2, 0.25) is 0 Å². The second kappa shape index (κ2) is 1.99. The molecule has 0 saturated carbocycles. The maximum absolute atomic E-state index is 4.03. The topological polar surface area (TPSA) is 15.6 Å². The van der Waals surface area contributed by atoms with E-state index >= 15 is 0 Å². The molecular formula is C6H10N2. The van der Waals surface area contributed by atoms with E-state index in [-0.39, 0.29) is 0 Å². The van der Waals surface area contributed by atoms with E-state index in [0.29, 0.717) is 0 Å². The minimum absolute atomic E-state index is 0.808. The molecule has 0 aromatic heterocycles. The first-order chi connectivity index (χ1) is 3.80. The van der Waals surface area contributed by atoms with Gasteiger partial charge in [-0.05, 0) is 13.0 Å². The molecule has 0 atom stereocenters. The first kappa shape index (κ1) is 5.35. The lowest BCUT2D eigenvalue weighted by Crippen LogP contribution is -2.18. The molecular weight excluding hydrogens is 100 g/mol. The van der Waals surface area contributed by atoms with Crippen LogP contribution in [0, 0.1) is 0 Å². The van der Waals surface area contributed by atoms with Gasteiger partial charge in [-0.1, -0.05) is 0 Å². The fourth-order valence-electron chi connectivity index (χ4n) is 0.569. The average molecular weight is 110 g/mol. The molecule has 2 nitrogen and oxygen atoms in total. The summed E-state index contributed by atoms with van der Waals surface area (Å²) in [5.41, 5.74) is 1.28. The Labute approximate surface area is 49.5 Å². The van der Waals surface area contributed by atoms with Crippen molar-refractivity contribution in [2.45, 2.75) is 6.92 Å². The van der Waals surface area contributed by atoms with Crippen molar-refractivity contribution in [1.82, 2.24) is 4.90 Å². The summed E-state index contributed by atoms with van der Waals surface area (Å²) in [6.45, 7) is 2.88. The van der Waals surface area contributed by atoms with Crippen molar-refractivity contribution < 1.29 is 0 Å². The van der Waals surface area contributed by atoms with Crippen LogP contribution in [0.25, 0.3) is 0 Å². The van der Waals surface area contributed by atoms with Crippen molar-refractivity contribution in [1.29, 1.82) is 0 Å². The van der Waals surface area contributed by atoms with Gasteiger partial charge in [-0.25, -0.2) is 0 Å². The normalized spacial score (nSPS) is 18.8. The van der Waals surface area contributed by atoms with Crippen LogP contribution < -0.4 is 0 Å². The van der Waals surface area contributed by atoms with Gasteiger partial charge < -0.3 is 4.90 Å². The molecule has 1 aliphatic heterocycles. The lowest BCUT2D eigenvalue weighted by molar-refractivity contribution is 0.430. The van der Waals surface area contributed by atoms with Gasteiger partial charge in [0.25, 0.3) is 0 Å². The van der Waals surface area contributed by atoms with Gasteiger partial charge >= 0.3 is 0 Å². The summed E-state index contributed by atoms with van der Waals surface area (Å²) in [7, 11) is 2.03. The predicted molar refractivity (Wildman–Crippen MR) is 34.9 cm³/mol. The Morgan fingerprint density at radius 3 is 2.88 bits per heavy atom. The molecule has 0 aliphatic carbocycles. The Bertz CT molecular complexity index is 135. The molecule has 0 saturated heterocycles. The highest BCUT2D eigenvalue weighted by molar-refractivity contribution is 5.72. The third-order valence-electron chi connectivity index (χ3n) is 1.32. The predicted octanol–water partition coefficient (Wildman–Crippen LogP) is 0.864. The van der Waals surface area contributed by atoms with Gasteiger partial charge in [-0.15, -0.1) is 0 Å². The minimum Gasteiger partial charge on any atom is -0.359 e. The Hall–Kier alpha value is -0.790. The van der Waals surface area contributed by atoms with E-state index in [1.165, 1.54) is 5.70 Å². The molecule has 44 valence electrons. The van der Waals surface area contributed by atoms with Crippen LogP contribution in [-0.4, -0.2) is 24.8 Å². The molecule has 0 unspecified atom stereocenters. The van der Waals surface area contributed by atoms with Crippen molar-refractivity contribution in [3.8, 4) is 0 Å². The molecule has 0 bridgehead atoms. The van der Waals surface area contributed by atoms with Crippen molar-refractivity contribution in [2.75, 3.05) is 13.7 Å². The molecule has 0 N–H and O–H groups in total. The SMILES string of the molecule is CC1=CC=NCN1C. The maximum Gasteiger partial charge on any atom is 0.109 e. The molecule has 0 radical (unpaired) electrons. The molecule has 1 aliphatic rings. The summed E-state index contributed by atoms with van der Waals surface area (Å²) in [4.78, 5) is 6.13. The highest BCUT2D eigenvalue weighted by Crippen LogP contribution is 2.01. The number of allylic oxidation sites excluding steroid dienone is 2. The molecule has 1 rings (SSSR count). The quantitative estimate of drug-likeness (QED) is 0.451. The summed E-state index contributed by atoms with van der Waals surface area (Å²) < 4.78 is 0. The summed E-state index contributed by atoms with van der Waals surface area (Å²) in [6, 6.07) is 0. The Kier molecular flexibility index (Phi) is 1.33.